The maximum Gasteiger partial charge on any atom is 0.310 e. The summed E-state index contributed by atoms with van der Waals surface area (Å²) >= 11 is 1.59. The van der Waals surface area contributed by atoms with Crippen LogP contribution in [0.5, 0.6) is 0 Å². The van der Waals surface area contributed by atoms with Gasteiger partial charge in [0.25, 0.3) is 0 Å². The third-order valence-electron chi connectivity index (χ3n) is 2.45. The van der Waals surface area contributed by atoms with E-state index in [2.05, 4.69) is 0 Å². The Morgan fingerprint density at radius 3 is 2.59 bits per heavy atom. The Labute approximate surface area is 105 Å². The van der Waals surface area contributed by atoms with E-state index in [0.29, 0.717) is 13.0 Å². The van der Waals surface area contributed by atoms with Crippen LogP contribution in [0.15, 0.2) is 41.1 Å². The Morgan fingerprint density at radius 2 is 1.94 bits per heavy atom. The van der Waals surface area contributed by atoms with Crippen LogP contribution in [-0.4, -0.2) is 5.97 Å². The maximum absolute atomic E-state index is 11.5. The van der Waals surface area contributed by atoms with Crippen LogP contribution in [0.1, 0.15) is 16.7 Å². The fraction of sp³-hybridized carbons (Fsp3) is 0.214. The van der Waals surface area contributed by atoms with Crippen LogP contribution < -0.4 is 0 Å². The molecule has 0 bridgehead atoms. The molecule has 88 valence electrons. The van der Waals surface area contributed by atoms with Crippen molar-refractivity contribution in [3.8, 4) is 0 Å². The van der Waals surface area contributed by atoms with Crippen molar-refractivity contribution in [2.45, 2.75) is 20.0 Å². The Balaban J connectivity index is 1.82. The smallest absolute Gasteiger partial charge is 0.310 e. The Hall–Kier alpha value is -1.61. The SMILES string of the molecule is Cc1ccc(COC(=O)Cc2ccsc2)cc1. The number of carbonyl (C=O) groups excluding carboxylic acids is 1. The van der Waals surface area contributed by atoms with Gasteiger partial charge < -0.3 is 4.74 Å². The molecule has 1 aromatic carbocycles. The Bertz CT molecular complexity index is 471. The number of carbonyl (C=O) groups is 1. The monoisotopic (exact) mass is 246 g/mol. The van der Waals surface area contributed by atoms with Crippen LogP contribution in [0.25, 0.3) is 0 Å². The van der Waals surface area contributed by atoms with Crippen molar-refractivity contribution in [3.05, 3.63) is 57.8 Å². The average molecular weight is 246 g/mol. The number of hydrogen-bond donors (Lipinski definition) is 0. The van der Waals surface area contributed by atoms with Gasteiger partial charge in [-0.25, -0.2) is 0 Å². The largest absolute Gasteiger partial charge is 0.461 e. The van der Waals surface area contributed by atoms with Gasteiger partial charge in [0.1, 0.15) is 6.61 Å². The molecule has 0 amide bonds. The quantitative estimate of drug-likeness (QED) is 0.773. The zero-order valence-electron chi connectivity index (χ0n) is 9.68. The van der Waals surface area contributed by atoms with Gasteiger partial charge in [0, 0.05) is 0 Å². The first-order valence-corrected chi connectivity index (χ1v) is 6.40. The van der Waals surface area contributed by atoms with Gasteiger partial charge in [0.15, 0.2) is 0 Å². The molecule has 0 unspecified atom stereocenters. The van der Waals surface area contributed by atoms with Gasteiger partial charge in [-0.05, 0) is 34.9 Å². The lowest BCUT2D eigenvalue weighted by atomic mass is 10.2. The van der Waals surface area contributed by atoms with Gasteiger partial charge in [0.2, 0.25) is 0 Å². The molecule has 0 aliphatic heterocycles. The van der Waals surface area contributed by atoms with Gasteiger partial charge in [-0.2, -0.15) is 11.3 Å². The van der Waals surface area contributed by atoms with Gasteiger partial charge in [-0.15, -0.1) is 0 Å². The molecule has 3 heteroatoms. The number of rotatable bonds is 4. The van der Waals surface area contributed by atoms with Gasteiger partial charge in [0.05, 0.1) is 6.42 Å². The summed E-state index contributed by atoms with van der Waals surface area (Å²) < 4.78 is 5.21. The molecular weight excluding hydrogens is 232 g/mol. The topological polar surface area (TPSA) is 26.3 Å². The van der Waals surface area contributed by atoms with Crippen molar-refractivity contribution in [2.24, 2.45) is 0 Å². The summed E-state index contributed by atoms with van der Waals surface area (Å²) in [6, 6.07) is 9.93. The molecule has 2 rings (SSSR count). The summed E-state index contributed by atoms with van der Waals surface area (Å²) in [5.41, 5.74) is 3.25. The van der Waals surface area contributed by atoms with E-state index in [1.54, 1.807) is 11.3 Å². The van der Waals surface area contributed by atoms with E-state index in [4.69, 9.17) is 4.74 Å². The number of ether oxygens (including phenoxy) is 1. The molecule has 0 aliphatic rings. The van der Waals surface area contributed by atoms with Crippen LogP contribution in [-0.2, 0) is 22.6 Å². The summed E-state index contributed by atoms with van der Waals surface area (Å²) in [4.78, 5) is 11.5. The van der Waals surface area contributed by atoms with Crippen LogP contribution in [0.3, 0.4) is 0 Å². The van der Waals surface area contributed by atoms with E-state index in [9.17, 15) is 4.79 Å². The van der Waals surface area contributed by atoms with Crippen molar-refractivity contribution in [1.82, 2.24) is 0 Å². The molecule has 0 atom stereocenters. The summed E-state index contributed by atoms with van der Waals surface area (Å²) in [7, 11) is 0. The average Bonchev–Trinajstić information content (AvgIpc) is 2.81. The summed E-state index contributed by atoms with van der Waals surface area (Å²) in [6.07, 6.45) is 0.357. The van der Waals surface area contributed by atoms with E-state index in [-0.39, 0.29) is 5.97 Å². The molecule has 0 spiro atoms. The highest BCUT2D eigenvalue weighted by Gasteiger charge is 2.05. The van der Waals surface area contributed by atoms with E-state index in [1.165, 1.54) is 5.56 Å². The lowest BCUT2D eigenvalue weighted by Gasteiger charge is -2.04. The van der Waals surface area contributed by atoms with Gasteiger partial charge >= 0.3 is 5.97 Å². The predicted molar refractivity (Wildman–Crippen MR) is 69.0 cm³/mol. The molecule has 2 nitrogen and oxygen atoms in total. The lowest BCUT2D eigenvalue weighted by Crippen LogP contribution is -2.07. The maximum atomic E-state index is 11.5. The number of thiophene rings is 1. The number of hydrogen-bond acceptors (Lipinski definition) is 3. The molecule has 0 fully saturated rings. The van der Waals surface area contributed by atoms with Gasteiger partial charge in [-0.3, -0.25) is 4.79 Å². The molecule has 0 saturated carbocycles. The highest BCUT2D eigenvalue weighted by molar-refractivity contribution is 7.07. The molecule has 2 aromatic rings. The third kappa shape index (κ3) is 3.71. The second kappa shape index (κ2) is 5.64. The highest BCUT2D eigenvalue weighted by atomic mass is 32.1. The van der Waals surface area contributed by atoms with Crippen LogP contribution in [0, 0.1) is 6.92 Å². The molecule has 0 aliphatic carbocycles. The minimum Gasteiger partial charge on any atom is -0.461 e. The fourth-order valence-corrected chi connectivity index (χ4v) is 2.13. The second-order valence-electron chi connectivity index (χ2n) is 3.95. The molecule has 0 saturated heterocycles. The fourth-order valence-electron chi connectivity index (χ4n) is 1.46. The third-order valence-corrected chi connectivity index (χ3v) is 3.18. The standard InChI is InChI=1S/C14H14O2S/c1-11-2-4-12(5-3-11)9-16-14(15)8-13-6-7-17-10-13/h2-7,10H,8-9H2,1H3. The van der Waals surface area contributed by atoms with Crippen LogP contribution in [0.2, 0.25) is 0 Å². The summed E-state index contributed by atoms with van der Waals surface area (Å²) in [5, 5.41) is 3.93. The van der Waals surface area contributed by atoms with Crippen molar-refractivity contribution in [2.75, 3.05) is 0 Å². The first kappa shape index (κ1) is 11.9. The van der Waals surface area contributed by atoms with Crippen molar-refractivity contribution in [1.29, 1.82) is 0 Å². The van der Waals surface area contributed by atoms with E-state index < -0.39 is 0 Å². The molecule has 1 aromatic heterocycles. The molecule has 17 heavy (non-hydrogen) atoms. The summed E-state index contributed by atoms with van der Waals surface area (Å²) in [6.45, 7) is 2.38. The van der Waals surface area contributed by atoms with E-state index >= 15 is 0 Å². The summed E-state index contributed by atoms with van der Waals surface area (Å²) in [5.74, 6) is -0.177. The Morgan fingerprint density at radius 1 is 1.18 bits per heavy atom. The van der Waals surface area contributed by atoms with Crippen LogP contribution in [0.4, 0.5) is 0 Å². The van der Waals surface area contributed by atoms with Gasteiger partial charge in [-0.1, -0.05) is 29.8 Å². The Kier molecular flexibility index (Phi) is 3.94. The number of benzene rings is 1. The van der Waals surface area contributed by atoms with Crippen molar-refractivity contribution < 1.29 is 9.53 Å². The molecule has 0 radical (unpaired) electrons. The second-order valence-corrected chi connectivity index (χ2v) is 4.73. The first-order valence-electron chi connectivity index (χ1n) is 5.46. The predicted octanol–water partition coefficient (Wildman–Crippen LogP) is 3.34. The van der Waals surface area contributed by atoms with E-state index in [0.717, 1.165) is 11.1 Å². The minimum absolute atomic E-state index is 0.177. The van der Waals surface area contributed by atoms with Crippen molar-refractivity contribution in [3.63, 3.8) is 0 Å². The number of aryl methyl sites for hydroxylation is 1. The number of esters is 1. The first-order chi connectivity index (χ1) is 8.24. The lowest BCUT2D eigenvalue weighted by molar-refractivity contribution is -0.144. The highest BCUT2D eigenvalue weighted by Crippen LogP contribution is 2.09. The minimum atomic E-state index is -0.177. The zero-order valence-corrected chi connectivity index (χ0v) is 10.5. The van der Waals surface area contributed by atoms with E-state index in [1.807, 2.05) is 48.0 Å². The normalized spacial score (nSPS) is 10.2. The molecule has 0 N–H and O–H groups in total. The molecular formula is C14H14O2S. The van der Waals surface area contributed by atoms with Crippen LogP contribution >= 0.6 is 11.3 Å². The zero-order chi connectivity index (χ0) is 12.1. The molecule has 1 heterocycles. The van der Waals surface area contributed by atoms with Crippen molar-refractivity contribution >= 4 is 17.3 Å².